The highest BCUT2D eigenvalue weighted by atomic mass is 16.5. The molecular formula is C18H27NO4. The van der Waals surface area contributed by atoms with Crippen LogP contribution in [0.2, 0.25) is 0 Å². The molecule has 0 unspecified atom stereocenters. The monoisotopic (exact) mass is 321 g/mol. The lowest BCUT2D eigenvalue weighted by Gasteiger charge is -2.23. The predicted molar refractivity (Wildman–Crippen MR) is 89.4 cm³/mol. The van der Waals surface area contributed by atoms with Crippen molar-refractivity contribution in [1.82, 2.24) is 4.90 Å². The Morgan fingerprint density at radius 3 is 2.52 bits per heavy atom. The third-order valence-electron chi connectivity index (χ3n) is 4.17. The van der Waals surface area contributed by atoms with Crippen LogP contribution in [0.15, 0.2) is 18.2 Å². The molecule has 0 aliphatic carbocycles. The summed E-state index contributed by atoms with van der Waals surface area (Å²) in [6, 6.07) is 5.09. The molecule has 5 heteroatoms. The van der Waals surface area contributed by atoms with Crippen LogP contribution in [-0.4, -0.2) is 55.2 Å². The van der Waals surface area contributed by atoms with Gasteiger partial charge in [0.2, 0.25) is 0 Å². The van der Waals surface area contributed by atoms with Crippen LogP contribution in [0.1, 0.15) is 43.0 Å². The van der Waals surface area contributed by atoms with Crippen LogP contribution < -0.4 is 9.47 Å². The maximum Gasteiger partial charge on any atom is 0.161 e. The van der Waals surface area contributed by atoms with E-state index >= 15 is 0 Å². The fraction of sp³-hybridized carbons (Fsp3) is 0.611. The van der Waals surface area contributed by atoms with Gasteiger partial charge in [-0.15, -0.1) is 0 Å². The van der Waals surface area contributed by atoms with Gasteiger partial charge in [-0.3, -0.25) is 4.79 Å². The lowest BCUT2D eigenvalue weighted by molar-refractivity contribution is 0.0683. The molecule has 1 N–H and O–H groups in total. The second-order valence-electron chi connectivity index (χ2n) is 6.10. The number of likely N-dealkylation sites (tertiary alicyclic amines) is 1. The number of hydrogen-bond donors (Lipinski definition) is 1. The summed E-state index contributed by atoms with van der Waals surface area (Å²) in [5.41, 5.74) is 0.583. The number of ketones is 1. The predicted octanol–water partition coefficient (Wildman–Crippen LogP) is 2.51. The van der Waals surface area contributed by atoms with Crippen molar-refractivity contribution in [1.29, 1.82) is 0 Å². The molecule has 0 spiro atoms. The van der Waals surface area contributed by atoms with Crippen molar-refractivity contribution >= 4 is 5.78 Å². The minimum Gasteiger partial charge on any atom is -0.493 e. The summed E-state index contributed by atoms with van der Waals surface area (Å²) in [5, 5.41) is 10.2. The van der Waals surface area contributed by atoms with Gasteiger partial charge in [-0.05, 0) is 51.1 Å². The van der Waals surface area contributed by atoms with Crippen molar-refractivity contribution in [2.75, 3.05) is 33.4 Å². The highest BCUT2D eigenvalue weighted by Gasteiger charge is 2.15. The third-order valence-corrected chi connectivity index (χ3v) is 4.17. The molecule has 0 saturated carbocycles. The van der Waals surface area contributed by atoms with Crippen molar-refractivity contribution in [2.45, 2.75) is 38.7 Å². The number of methoxy groups -OCH3 is 1. The SMILES string of the molecule is COc1cc(C(C)=O)ccc1OC[C@H](O)CN1CCCCCC1. The van der Waals surface area contributed by atoms with Gasteiger partial charge >= 0.3 is 0 Å². The lowest BCUT2D eigenvalue weighted by Crippen LogP contribution is -2.36. The second kappa shape index (κ2) is 8.89. The van der Waals surface area contributed by atoms with Crippen LogP contribution in [-0.2, 0) is 0 Å². The van der Waals surface area contributed by atoms with E-state index in [0.29, 0.717) is 23.6 Å². The van der Waals surface area contributed by atoms with Crippen molar-refractivity contribution in [3.05, 3.63) is 23.8 Å². The summed E-state index contributed by atoms with van der Waals surface area (Å²) in [7, 11) is 1.54. The Hall–Kier alpha value is -1.59. The molecule has 5 nitrogen and oxygen atoms in total. The van der Waals surface area contributed by atoms with E-state index in [-0.39, 0.29) is 12.4 Å². The highest BCUT2D eigenvalue weighted by Crippen LogP contribution is 2.28. The fourth-order valence-electron chi connectivity index (χ4n) is 2.86. The van der Waals surface area contributed by atoms with Gasteiger partial charge in [-0.1, -0.05) is 12.8 Å². The van der Waals surface area contributed by atoms with E-state index in [9.17, 15) is 9.90 Å². The van der Waals surface area contributed by atoms with Gasteiger partial charge in [-0.2, -0.15) is 0 Å². The van der Waals surface area contributed by atoms with Gasteiger partial charge in [0.15, 0.2) is 17.3 Å². The molecule has 0 aromatic heterocycles. The number of benzene rings is 1. The summed E-state index contributed by atoms with van der Waals surface area (Å²) in [4.78, 5) is 13.7. The molecule has 1 aliphatic heterocycles. The van der Waals surface area contributed by atoms with E-state index in [4.69, 9.17) is 9.47 Å². The average molecular weight is 321 g/mol. The molecule has 128 valence electrons. The molecule has 1 atom stereocenters. The first-order valence-electron chi connectivity index (χ1n) is 8.32. The molecule has 0 radical (unpaired) electrons. The molecule has 23 heavy (non-hydrogen) atoms. The first-order valence-corrected chi connectivity index (χ1v) is 8.32. The van der Waals surface area contributed by atoms with Crippen LogP contribution >= 0.6 is 0 Å². The number of aliphatic hydroxyl groups excluding tert-OH is 1. The van der Waals surface area contributed by atoms with E-state index in [1.54, 1.807) is 25.3 Å². The van der Waals surface area contributed by atoms with Gasteiger partial charge in [0, 0.05) is 12.1 Å². The molecule has 1 aliphatic rings. The van der Waals surface area contributed by atoms with E-state index in [0.717, 1.165) is 13.1 Å². The minimum absolute atomic E-state index is 0.0175. The number of nitrogens with zero attached hydrogens (tertiary/aromatic N) is 1. The maximum atomic E-state index is 11.4. The fourth-order valence-corrected chi connectivity index (χ4v) is 2.86. The molecule has 0 amide bonds. The summed E-state index contributed by atoms with van der Waals surface area (Å²) in [6.07, 6.45) is 4.43. The number of ether oxygens (including phenoxy) is 2. The van der Waals surface area contributed by atoms with Gasteiger partial charge in [0.05, 0.1) is 7.11 Å². The number of hydrogen-bond acceptors (Lipinski definition) is 5. The summed E-state index contributed by atoms with van der Waals surface area (Å²) in [6.45, 7) is 4.46. The summed E-state index contributed by atoms with van der Waals surface area (Å²) >= 11 is 0. The van der Waals surface area contributed by atoms with Crippen LogP contribution in [0.3, 0.4) is 0 Å². The quantitative estimate of drug-likeness (QED) is 0.782. The minimum atomic E-state index is -0.537. The second-order valence-corrected chi connectivity index (χ2v) is 6.10. The number of carbonyl (C=O) groups excluding carboxylic acids is 1. The Morgan fingerprint density at radius 1 is 1.22 bits per heavy atom. The van der Waals surface area contributed by atoms with E-state index in [1.165, 1.54) is 32.6 Å². The number of β-amino-alcohol motifs (C(OH)–C–C–N with tert-alkyl or cyclic N) is 1. The van der Waals surface area contributed by atoms with Crippen molar-refractivity contribution in [3.8, 4) is 11.5 Å². The topological polar surface area (TPSA) is 59.0 Å². The van der Waals surface area contributed by atoms with Crippen molar-refractivity contribution < 1.29 is 19.4 Å². The van der Waals surface area contributed by atoms with E-state index in [1.807, 2.05) is 0 Å². The van der Waals surface area contributed by atoms with Crippen LogP contribution in [0.4, 0.5) is 0 Å². The zero-order valence-corrected chi connectivity index (χ0v) is 14.1. The Labute approximate surface area is 138 Å². The Bertz CT molecular complexity index is 510. The first-order chi connectivity index (χ1) is 11.1. The van der Waals surface area contributed by atoms with Gasteiger partial charge < -0.3 is 19.5 Å². The number of aliphatic hydroxyl groups is 1. The van der Waals surface area contributed by atoms with Crippen molar-refractivity contribution in [2.24, 2.45) is 0 Å². The molecule has 1 heterocycles. The standard InChI is InChI=1S/C18H27NO4/c1-14(20)15-7-8-17(18(11-15)22-2)23-13-16(21)12-19-9-5-3-4-6-10-19/h7-8,11,16,21H,3-6,9-10,12-13H2,1-2H3/t16-/m1/s1. The zero-order chi connectivity index (χ0) is 16.7. The molecule has 1 saturated heterocycles. The molecule has 0 bridgehead atoms. The Balaban J connectivity index is 1.87. The maximum absolute atomic E-state index is 11.4. The zero-order valence-electron chi connectivity index (χ0n) is 14.1. The highest BCUT2D eigenvalue weighted by molar-refractivity contribution is 5.94. The molecule has 1 fully saturated rings. The third kappa shape index (κ3) is 5.52. The lowest BCUT2D eigenvalue weighted by atomic mass is 10.1. The van der Waals surface area contributed by atoms with Gasteiger partial charge in [0.25, 0.3) is 0 Å². The average Bonchev–Trinajstić information content (AvgIpc) is 2.81. The Kier molecular flexibility index (Phi) is 6.86. The molecule has 1 aromatic rings. The smallest absolute Gasteiger partial charge is 0.161 e. The van der Waals surface area contributed by atoms with Crippen LogP contribution in [0.5, 0.6) is 11.5 Å². The summed E-state index contributed by atoms with van der Waals surface area (Å²) < 4.78 is 11.0. The van der Waals surface area contributed by atoms with E-state index < -0.39 is 6.10 Å². The van der Waals surface area contributed by atoms with Gasteiger partial charge in [-0.25, -0.2) is 0 Å². The van der Waals surface area contributed by atoms with Crippen molar-refractivity contribution in [3.63, 3.8) is 0 Å². The molecule has 2 rings (SSSR count). The normalized spacial score (nSPS) is 17.3. The van der Waals surface area contributed by atoms with Crippen LogP contribution in [0, 0.1) is 0 Å². The number of rotatable bonds is 7. The number of carbonyl (C=O) groups is 1. The number of Topliss-reactive ketones (excluding diaryl/α,β-unsaturated/α-hetero) is 1. The first kappa shape index (κ1) is 17.8. The summed E-state index contributed by atoms with van der Waals surface area (Å²) in [5.74, 6) is 1.04. The largest absolute Gasteiger partial charge is 0.493 e. The molecule has 1 aromatic carbocycles. The molecular weight excluding hydrogens is 294 g/mol. The Morgan fingerprint density at radius 2 is 1.91 bits per heavy atom. The van der Waals surface area contributed by atoms with E-state index in [2.05, 4.69) is 4.90 Å². The van der Waals surface area contributed by atoms with Gasteiger partial charge in [0.1, 0.15) is 12.7 Å². The van der Waals surface area contributed by atoms with Crippen LogP contribution in [0.25, 0.3) is 0 Å².